The maximum atomic E-state index is 6.64. The van der Waals surface area contributed by atoms with E-state index in [4.69, 9.17) is 5.41 Å². The van der Waals surface area contributed by atoms with Gasteiger partial charge in [-0.05, 0) is 34.7 Å². The molecule has 1 heterocycles. The summed E-state index contributed by atoms with van der Waals surface area (Å²) in [5.74, 6) is 2.18. The van der Waals surface area contributed by atoms with Gasteiger partial charge in [-0.1, -0.05) is 0 Å². The molecule has 0 fully saturated rings. The van der Waals surface area contributed by atoms with Gasteiger partial charge < -0.3 is 0 Å². The van der Waals surface area contributed by atoms with Crippen LogP contribution in [-0.2, 0) is 0 Å². The summed E-state index contributed by atoms with van der Waals surface area (Å²) in [6.45, 7) is 0. The van der Waals surface area contributed by atoms with Gasteiger partial charge in [-0.2, -0.15) is 0 Å². The van der Waals surface area contributed by atoms with Crippen molar-refractivity contribution in [1.29, 1.82) is 5.41 Å². The third-order valence-electron chi connectivity index (χ3n) is 0.734. The Morgan fingerprint density at radius 1 is 1.62 bits per heavy atom. The SMILES string of the molecule is N=C=C1C=CC(I)=N1. The van der Waals surface area contributed by atoms with Crippen molar-refractivity contribution in [1.82, 2.24) is 0 Å². The number of halogens is 1. The third-order valence-corrected chi connectivity index (χ3v) is 1.33. The predicted octanol–water partition coefficient (Wildman–Crippen LogP) is 1.52. The number of nitrogens with one attached hydrogen (secondary N) is 1. The van der Waals surface area contributed by atoms with E-state index in [-0.39, 0.29) is 0 Å². The van der Waals surface area contributed by atoms with Crippen LogP contribution in [-0.4, -0.2) is 9.59 Å². The van der Waals surface area contributed by atoms with Gasteiger partial charge in [0, 0.05) is 5.87 Å². The Balaban J connectivity index is 3.01. The number of aliphatic imine (C=N–C) groups is 1. The number of nitrogens with zero attached hydrogens (tertiary/aromatic N) is 1. The van der Waals surface area contributed by atoms with Crippen LogP contribution in [0.5, 0.6) is 0 Å². The molecule has 3 heteroatoms. The van der Waals surface area contributed by atoms with Crippen molar-refractivity contribution < 1.29 is 0 Å². The lowest BCUT2D eigenvalue weighted by atomic mass is 10.5. The lowest BCUT2D eigenvalue weighted by molar-refractivity contribution is 1.48. The summed E-state index contributed by atoms with van der Waals surface area (Å²) in [5, 5.41) is 6.64. The highest BCUT2D eigenvalue weighted by atomic mass is 127. The van der Waals surface area contributed by atoms with Gasteiger partial charge in [0.05, 0.1) is 0 Å². The van der Waals surface area contributed by atoms with Gasteiger partial charge >= 0.3 is 0 Å². The molecular formula is C5H3IN2. The molecule has 2 nitrogen and oxygen atoms in total. The Hall–Kier alpha value is -0.410. The normalized spacial score (nSPS) is 16.1. The van der Waals surface area contributed by atoms with Crippen molar-refractivity contribution in [2.45, 2.75) is 0 Å². The Kier molecular flexibility index (Phi) is 1.60. The van der Waals surface area contributed by atoms with Crippen LogP contribution in [0.15, 0.2) is 22.8 Å². The smallest absolute Gasteiger partial charge is 0.125 e. The molecule has 40 valence electrons. The summed E-state index contributed by atoms with van der Waals surface area (Å²) in [6, 6.07) is 0. The fourth-order valence-corrected chi connectivity index (χ4v) is 0.847. The van der Waals surface area contributed by atoms with Gasteiger partial charge in [-0.3, -0.25) is 5.41 Å². The monoisotopic (exact) mass is 218 g/mol. The molecule has 0 unspecified atom stereocenters. The highest BCUT2D eigenvalue weighted by Gasteiger charge is 1.96. The maximum absolute atomic E-state index is 6.64. The van der Waals surface area contributed by atoms with Gasteiger partial charge in [-0.15, -0.1) is 0 Å². The standard InChI is InChI=1S/C5H3IN2/c6-5-2-1-4(3-7)8-5/h1-2,7H. The number of hydrogen-bond acceptors (Lipinski definition) is 2. The Labute approximate surface area is 60.7 Å². The van der Waals surface area contributed by atoms with E-state index in [0.717, 1.165) is 3.72 Å². The van der Waals surface area contributed by atoms with Crippen LogP contribution < -0.4 is 0 Å². The first kappa shape index (κ1) is 5.72. The average Bonchev–Trinajstić information content (AvgIpc) is 2.14. The molecule has 1 rings (SSSR count). The van der Waals surface area contributed by atoms with Crippen LogP contribution in [0.3, 0.4) is 0 Å². The minimum Gasteiger partial charge on any atom is -0.257 e. The Bertz CT molecular complexity index is 208. The lowest BCUT2D eigenvalue weighted by Gasteiger charge is -1.74. The van der Waals surface area contributed by atoms with Crippen LogP contribution in [0.4, 0.5) is 0 Å². The second-order valence-electron chi connectivity index (χ2n) is 1.28. The van der Waals surface area contributed by atoms with Crippen molar-refractivity contribution in [3.05, 3.63) is 17.8 Å². The van der Waals surface area contributed by atoms with Crippen LogP contribution in [0.25, 0.3) is 0 Å². The van der Waals surface area contributed by atoms with Gasteiger partial charge in [-0.25, -0.2) is 4.99 Å². The van der Waals surface area contributed by atoms with Crippen LogP contribution in [0.1, 0.15) is 0 Å². The largest absolute Gasteiger partial charge is 0.257 e. The molecule has 0 saturated heterocycles. The fourth-order valence-electron chi connectivity index (χ4n) is 0.407. The minimum atomic E-state index is 0.606. The summed E-state index contributed by atoms with van der Waals surface area (Å²) < 4.78 is 0.914. The molecule has 0 saturated carbocycles. The van der Waals surface area contributed by atoms with E-state index in [1.807, 2.05) is 6.08 Å². The zero-order valence-electron chi connectivity index (χ0n) is 3.98. The third kappa shape index (κ3) is 1.05. The molecule has 0 aromatic rings. The van der Waals surface area contributed by atoms with Crippen molar-refractivity contribution in [2.24, 2.45) is 4.99 Å². The van der Waals surface area contributed by atoms with E-state index in [0.29, 0.717) is 5.70 Å². The zero-order chi connectivity index (χ0) is 5.98. The van der Waals surface area contributed by atoms with E-state index < -0.39 is 0 Å². The first-order chi connectivity index (χ1) is 3.83. The molecule has 0 radical (unpaired) electrons. The molecule has 1 aliphatic heterocycles. The lowest BCUT2D eigenvalue weighted by Crippen LogP contribution is -1.67. The molecule has 1 aliphatic rings. The van der Waals surface area contributed by atoms with Crippen molar-refractivity contribution in [3.8, 4) is 0 Å². The summed E-state index contributed by atoms with van der Waals surface area (Å²) in [6.07, 6.45) is 3.60. The highest BCUT2D eigenvalue weighted by molar-refractivity contribution is 14.1. The van der Waals surface area contributed by atoms with E-state index in [1.54, 1.807) is 6.08 Å². The van der Waals surface area contributed by atoms with Gasteiger partial charge in [0.15, 0.2) is 0 Å². The molecule has 1 N–H and O–H groups in total. The van der Waals surface area contributed by atoms with E-state index >= 15 is 0 Å². The molecule has 0 amide bonds. The molecule has 0 aliphatic carbocycles. The molecule has 0 aromatic heterocycles. The highest BCUT2D eigenvalue weighted by Crippen LogP contribution is 2.08. The predicted molar refractivity (Wildman–Crippen MR) is 41.8 cm³/mol. The van der Waals surface area contributed by atoms with Crippen LogP contribution in [0.2, 0.25) is 0 Å². The first-order valence-electron chi connectivity index (χ1n) is 2.05. The number of hydrogen-bond donors (Lipinski definition) is 1. The van der Waals surface area contributed by atoms with E-state index in [2.05, 4.69) is 33.5 Å². The molecule has 0 atom stereocenters. The van der Waals surface area contributed by atoms with Gasteiger partial charge in [0.2, 0.25) is 0 Å². The van der Waals surface area contributed by atoms with E-state index in [9.17, 15) is 0 Å². The van der Waals surface area contributed by atoms with E-state index in [1.165, 1.54) is 0 Å². The van der Waals surface area contributed by atoms with Crippen molar-refractivity contribution in [3.63, 3.8) is 0 Å². The topological polar surface area (TPSA) is 36.2 Å². The second-order valence-corrected chi connectivity index (χ2v) is 2.38. The van der Waals surface area contributed by atoms with Crippen LogP contribution in [0, 0.1) is 5.41 Å². The number of allylic oxidation sites excluding steroid dienone is 2. The summed E-state index contributed by atoms with van der Waals surface area (Å²) in [5.41, 5.74) is 0.606. The second kappa shape index (κ2) is 2.24. The molecule has 8 heavy (non-hydrogen) atoms. The average molecular weight is 218 g/mol. The minimum absolute atomic E-state index is 0.606. The Morgan fingerprint density at radius 2 is 2.38 bits per heavy atom. The van der Waals surface area contributed by atoms with Gasteiger partial charge in [0.1, 0.15) is 9.42 Å². The fraction of sp³-hybridized carbons (Fsp3) is 0. The van der Waals surface area contributed by atoms with Crippen molar-refractivity contribution in [2.75, 3.05) is 0 Å². The van der Waals surface area contributed by atoms with Crippen LogP contribution >= 0.6 is 22.6 Å². The zero-order valence-corrected chi connectivity index (χ0v) is 6.14. The summed E-state index contributed by atoms with van der Waals surface area (Å²) in [7, 11) is 0. The molecular weight excluding hydrogens is 215 g/mol. The molecule has 0 spiro atoms. The summed E-state index contributed by atoms with van der Waals surface area (Å²) >= 11 is 2.09. The van der Waals surface area contributed by atoms with Gasteiger partial charge in [0.25, 0.3) is 0 Å². The van der Waals surface area contributed by atoms with Crippen molar-refractivity contribution >= 4 is 32.2 Å². The molecule has 0 bridgehead atoms. The Morgan fingerprint density at radius 3 is 2.62 bits per heavy atom. The number of rotatable bonds is 0. The molecule has 0 aromatic carbocycles. The summed E-state index contributed by atoms with van der Waals surface area (Å²) in [4.78, 5) is 3.92. The maximum Gasteiger partial charge on any atom is 0.125 e. The first-order valence-corrected chi connectivity index (χ1v) is 3.13. The quantitative estimate of drug-likeness (QED) is 0.472.